The van der Waals surface area contributed by atoms with Crippen molar-refractivity contribution in [1.29, 1.82) is 0 Å². The topological polar surface area (TPSA) is 93.9 Å². The predicted octanol–water partition coefficient (Wildman–Crippen LogP) is -0.345. The summed E-state index contributed by atoms with van der Waals surface area (Å²) in [6.45, 7) is 2.90. The fraction of sp³-hybridized carbons (Fsp3) is 0.818. The second kappa shape index (κ2) is 6.01. The molecule has 0 radical (unpaired) electrons. The van der Waals surface area contributed by atoms with Crippen molar-refractivity contribution in [3.05, 3.63) is 0 Å². The van der Waals surface area contributed by atoms with Crippen LogP contribution in [0.2, 0.25) is 0 Å². The lowest BCUT2D eigenvalue weighted by Crippen LogP contribution is -2.64. The molecule has 18 heavy (non-hydrogen) atoms. The van der Waals surface area contributed by atoms with Gasteiger partial charge in [-0.2, -0.15) is 0 Å². The molecule has 1 saturated heterocycles. The highest BCUT2D eigenvalue weighted by Crippen LogP contribution is 2.15. The van der Waals surface area contributed by atoms with Gasteiger partial charge in [0.15, 0.2) is 6.04 Å². The van der Waals surface area contributed by atoms with Crippen molar-refractivity contribution in [2.24, 2.45) is 5.73 Å². The van der Waals surface area contributed by atoms with E-state index in [1.807, 2.05) is 0 Å². The first-order valence-electron chi connectivity index (χ1n) is 5.89. The van der Waals surface area contributed by atoms with Gasteiger partial charge >= 0.3 is 6.09 Å². The standard InChI is InChI=1S/C11H21N3O4/c1-11(12,18-3)8(13-10(16)17-2)9(15)14-6-4-5-7-14/h8H,4-7,12H2,1-3H3,(H,13,16)/t8?,11-/m1/s1. The van der Waals surface area contributed by atoms with E-state index in [0.29, 0.717) is 13.1 Å². The molecule has 1 aliphatic heterocycles. The Morgan fingerprint density at radius 3 is 2.33 bits per heavy atom. The normalized spacial score (nSPS) is 20.1. The second-order valence-corrected chi connectivity index (χ2v) is 4.49. The number of hydrogen-bond donors (Lipinski definition) is 2. The van der Waals surface area contributed by atoms with Crippen LogP contribution in [-0.2, 0) is 14.3 Å². The molecule has 0 aromatic heterocycles. The van der Waals surface area contributed by atoms with Crippen LogP contribution in [0.15, 0.2) is 0 Å². The molecule has 2 amide bonds. The number of ether oxygens (including phenoxy) is 2. The van der Waals surface area contributed by atoms with E-state index < -0.39 is 17.9 Å². The summed E-state index contributed by atoms with van der Waals surface area (Å²) in [5.41, 5.74) is 4.61. The Kier molecular flexibility index (Phi) is 4.92. The van der Waals surface area contributed by atoms with E-state index >= 15 is 0 Å². The molecule has 7 heteroatoms. The number of rotatable bonds is 4. The van der Waals surface area contributed by atoms with Crippen LogP contribution < -0.4 is 11.1 Å². The van der Waals surface area contributed by atoms with Crippen molar-refractivity contribution in [3.63, 3.8) is 0 Å². The lowest BCUT2D eigenvalue weighted by Gasteiger charge is -2.34. The predicted molar refractivity (Wildman–Crippen MR) is 64.7 cm³/mol. The fourth-order valence-corrected chi connectivity index (χ4v) is 1.86. The number of nitrogens with one attached hydrogen (secondary N) is 1. The number of nitrogens with two attached hydrogens (primary N) is 1. The first-order chi connectivity index (χ1) is 8.42. The average Bonchev–Trinajstić information content (AvgIpc) is 2.88. The Morgan fingerprint density at radius 2 is 1.89 bits per heavy atom. The van der Waals surface area contributed by atoms with Crippen LogP contribution in [0.25, 0.3) is 0 Å². The van der Waals surface area contributed by atoms with E-state index in [2.05, 4.69) is 10.1 Å². The van der Waals surface area contributed by atoms with Gasteiger partial charge in [-0.3, -0.25) is 4.79 Å². The molecule has 0 aromatic rings. The summed E-state index contributed by atoms with van der Waals surface area (Å²) < 4.78 is 9.59. The van der Waals surface area contributed by atoms with E-state index in [1.54, 1.807) is 11.8 Å². The van der Waals surface area contributed by atoms with Crippen LogP contribution in [0.1, 0.15) is 19.8 Å². The molecule has 0 spiro atoms. The van der Waals surface area contributed by atoms with Crippen LogP contribution >= 0.6 is 0 Å². The third-order valence-electron chi connectivity index (χ3n) is 3.13. The average molecular weight is 259 g/mol. The number of likely N-dealkylation sites (tertiary alicyclic amines) is 1. The number of alkyl carbamates (subject to hydrolysis) is 1. The van der Waals surface area contributed by atoms with Gasteiger partial charge in [0.2, 0.25) is 5.91 Å². The minimum atomic E-state index is -1.28. The molecule has 1 unspecified atom stereocenters. The maximum Gasteiger partial charge on any atom is 0.407 e. The van der Waals surface area contributed by atoms with Crippen molar-refractivity contribution in [2.45, 2.75) is 31.5 Å². The van der Waals surface area contributed by atoms with Gasteiger partial charge in [0.05, 0.1) is 7.11 Å². The molecule has 1 heterocycles. The van der Waals surface area contributed by atoms with Gasteiger partial charge in [0, 0.05) is 20.2 Å². The van der Waals surface area contributed by atoms with Gasteiger partial charge in [-0.25, -0.2) is 4.79 Å². The first kappa shape index (κ1) is 14.7. The zero-order chi connectivity index (χ0) is 13.8. The van der Waals surface area contributed by atoms with Crippen molar-refractivity contribution >= 4 is 12.0 Å². The van der Waals surface area contributed by atoms with E-state index in [-0.39, 0.29) is 5.91 Å². The lowest BCUT2D eigenvalue weighted by molar-refractivity contribution is -0.140. The van der Waals surface area contributed by atoms with E-state index in [9.17, 15) is 9.59 Å². The first-order valence-corrected chi connectivity index (χ1v) is 5.89. The van der Waals surface area contributed by atoms with E-state index in [4.69, 9.17) is 10.5 Å². The summed E-state index contributed by atoms with van der Waals surface area (Å²) in [4.78, 5) is 25.3. The van der Waals surface area contributed by atoms with Gasteiger partial charge in [0.25, 0.3) is 0 Å². The van der Waals surface area contributed by atoms with Gasteiger partial charge in [0.1, 0.15) is 5.72 Å². The van der Waals surface area contributed by atoms with Crippen LogP contribution in [-0.4, -0.2) is 56.0 Å². The van der Waals surface area contributed by atoms with Crippen LogP contribution in [0.4, 0.5) is 4.79 Å². The smallest absolute Gasteiger partial charge is 0.407 e. The molecule has 0 aliphatic carbocycles. The highest BCUT2D eigenvalue weighted by Gasteiger charge is 2.40. The highest BCUT2D eigenvalue weighted by atomic mass is 16.5. The Morgan fingerprint density at radius 1 is 1.33 bits per heavy atom. The zero-order valence-corrected chi connectivity index (χ0v) is 11.1. The lowest BCUT2D eigenvalue weighted by atomic mass is 10.1. The summed E-state index contributed by atoms with van der Waals surface area (Å²) in [5, 5.41) is 2.43. The minimum Gasteiger partial charge on any atom is -0.453 e. The number of amides is 2. The van der Waals surface area contributed by atoms with Crippen molar-refractivity contribution < 1.29 is 19.1 Å². The van der Waals surface area contributed by atoms with Crippen LogP contribution in [0, 0.1) is 0 Å². The van der Waals surface area contributed by atoms with Gasteiger partial charge < -0.3 is 25.4 Å². The maximum atomic E-state index is 12.3. The summed E-state index contributed by atoms with van der Waals surface area (Å²) in [7, 11) is 2.62. The third kappa shape index (κ3) is 3.33. The van der Waals surface area contributed by atoms with Crippen molar-refractivity contribution in [3.8, 4) is 0 Å². The molecule has 0 aromatic carbocycles. The summed E-state index contributed by atoms with van der Waals surface area (Å²) >= 11 is 0. The number of methoxy groups -OCH3 is 2. The maximum absolute atomic E-state index is 12.3. The molecule has 0 saturated carbocycles. The molecule has 1 rings (SSSR count). The van der Waals surface area contributed by atoms with E-state index in [1.165, 1.54) is 14.2 Å². The van der Waals surface area contributed by atoms with Crippen LogP contribution in [0.5, 0.6) is 0 Å². The molecule has 7 nitrogen and oxygen atoms in total. The Labute approximate surface area is 107 Å². The molecule has 104 valence electrons. The molecule has 1 aliphatic rings. The van der Waals surface area contributed by atoms with E-state index in [0.717, 1.165) is 12.8 Å². The van der Waals surface area contributed by atoms with Gasteiger partial charge in [-0.05, 0) is 19.8 Å². The fourth-order valence-electron chi connectivity index (χ4n) is 1.86. The molecule has 3 N–H and O–H groups in total. The number of carbonyl (C=O) groups is 2. The summed E-state index contributed by atoms with van der Waals surface area (Å²) in [5.74, 6) is -0.246. The Balaban J connectivity index is 2.82. The zero-order valence-electron chi connectivity index (χ0n) is 11.1. The number of carbonyl (C=O) groups excluding carboxylic acids is 2. The molecular weight excluding hydrogens is 238 g/mol. The minimum absolute atomic E-state index is 0.246. The SMILES string of the molecule is COC(=O)NC(C(=O)N1CCCC1)[C@](C)(N)OC. The Hall–Kier alpha value is -1.34. The molecule has 1 fully saturated rings. The number of hydrogen-bond acceptors (Lipinski definition) is 5. The Bertz CT molecular complexity index is 313. The quantitative estimate of drug-likeness (QED) is 0.673. The second-order valence-electron chi connectivity index (χ2n) is 4.49. The van der Waals surface area contributed by atoms with Gasteiger partial charge in [-0.1, -0.05) is 0 Å². The molecule has 0 bridgehead atoms. The number of nitrogens with zero attached hydrogens (tertiary/aromatic N) is 1. The van der Waals surface area contributed by atoms with Gasteiger partial charge in [-0.15, -0.1) is 0 Å². The third-order valence-corrected chi connectivity index (χ3v) is 3.13. The summed E-state index contributed by atoms with van der Waals surface area (Å²) in [6, 6.07) is -0.965. The monoisotopic (exact) mass is 259 g/mol. The molecule has 2 atom stereocenters. The van der Waals surface area contributed by atoms with Crippen molar-refractivity contribution in [1.82, 2.24) is 10.2 Å². The van der Waals surface area contributed by atoms with Crippen LogP contribution in [0.3, 0.4) is 0 Å². The molecular formula is C11H21N3O4. The largest absolute Gasteiger partial charge is 0.453 e. The highest BCUT2D eigenvalue weighted by molar-refractivity contribution is 5.87. The summed E-state index contributed by atoms with van der Waals surface area (Å²) in [6.07, 6.45) is 1.22. The van der Waals surface area contributed by atoms with Crippen molar-refractivity contribution in [2.75, 3.05) is 27.3 Å².